The largest absolute Gasteiger partial charge is 0.396 e. The molecule has 0 saturated heterocycles. The topological polar surface area (TPSA) is 20.2 Å². The van der Waals surface area contributed by atoms with Gasteiger partial charge < -0.3 is 5.11 Å². The number of benzene rings is 4. The molecule has 5 rings (SSSR count). The second-order valence-electron chi connectivity index (χ2n) is 11.2. The molecule has 38 heavy (non-hydrogen) atoms. The molecule has 3 heteroatoms. The van der Waals surface area contributed by atoms with E-state index in [1.54, 1.807) is 0 Å². The molecule has 196 valence electrons. The lowest BCUT2D eigenvalue weighted by Crippen LogP contribution is -2.31. The van der Waals surface area contributed by atoms with Gasteiger partial charge in [0.1, 0.15) is 0 Å². The third-order valence-electron chi connectivity index (χ3n) is 8.38. The van der Waals surface area contributed by atoms with Crippen LogP contribution in [-0.2, 0) is 0 Å². The molecule has 0 heterocycles. The van der Waals surface area contributed by atoms with Crippen LogP contribution in [0.25, 0.3) is 0 Å². The molecule has 1 fully saturated rings. The molecule has 2 unspecified atom stereocenters. The number of aliphatic hydroxyl groups is 1. The molecule has 2 atom stereocenters. The summed E-state index contributed by atoms with van der Waals surface area (Å²) in [7, 11) is -1.05. The highest BCUT2D eigenvalue weighted by molar-refractivity contribution is 7.77. The van der Waals surface area contributed by atoms with E-state index in [0.717, 1.165) is 12.8 Å². The van der Waals surface area contributed by atoms with Gasteiger partial charge in [-0.05, 0) is 85.4 Å². The molecular weight excluding hydrogens is 498 g/mol. The van der Waals surface area contributed by atoms with Crippen LogP contribution in [0.3, 0.4) is 0 Å². The molecule has 1 aliphatic carbocycles. The van der Waals surface area contributed by atoms with Crippen molar-refractivity contribution in [2.45, 2.75) is 50.8 Å². The average Bonchev–Trinajstić information content (AvgIpc) is 3.40. The SMILES string of the molecule is CC(C)(CCCO)C1CC(P(c2ccccc2)c2ccccc2)C(P(c2ccccc2)c2ccccc2)C1. The van der Waals surface area contributed by atoms with Crippen molar-refractivity contribution < 1.29 is 5.11 Å². The van der Waals surface area contributed by atoms with E-state index in [9.17, 15) is 5.11 Å². The first-order chi connectivity index (χ1) is 18.6. The van der Waals surface area contributed by atoms with Gasteiger partial charge in [0, 0.05) is 6.61 Å². The summed E-state index contributed by atoms with van der Waals surface area (Å²) in [5.74, 6) is 0.638. The minimum absolute atomic E-state index is 0.207. The van der Waals surface area contributed by atoms with Gasteiger partial charge in [-0.15, -0.1) is 0 Å². The normalized spacial score (nSPS) is 19.8. The maximum absolute atomic E-state index is 9.65. The van der Waals surface area contributed by atoms with Crippen LogP contribution >= 0.6 is 15.8 Å². The van der Waals surface area contributed by atoms with E-state index in [2.05, 4.69) is 135 Å². The van der Waals surface area contributed by atoms with Crippen molar-refractivity contribution in [2.75, 3.05) is 6.61 Å². The summed E-state index contributed by atoms with van der Waals surface area (Å²) in [5, 5.41) is 15.6. The summed E-state index contributed by atoms with van der Waals surface area (Å²) in [6.07, 6.45) is 4.46. The zero-order valence-electron chi connectivity index (χ0n) is 22.7. The van der Waals surface area contributed by atoms with Gasteiger partial charge in [0.15, 0.2) is 0 Å². The first-order valence-corrected chi connectivity index (χ1v) is 16.8. The molecular formula is C35H40OP2. The second kappa shape index (κ2) is 12.7. The van der Waals surface area contributed by atoms with Crippen LogP contribution in [0.1, 0.15) is 39.5 Å². The molecule has 4 aromatic carbocycles. The van der Waals surface area contributed by atoms with Crippen LogP contribution in [0, 0.1) is 11.3 Å². The molecule has 0 radical (unpaired) electrons. The minimum atomic E-state index is -0.524. The second-order valence-corrected chi connectivity index (χ2v) is 16.1. The van der Waals surface area contributed by atoms with Crippen LogP contribution in [0.15, 0.2) is 121 Å². The Morgan fingerprint density at radius 2 is 0.895 bits per heavy atom. The van der Waals surface area contributed by atoms with Gasteiger partial charge >= 0.3 is 0 Å². The monoisotopic (exact) mass is 538 g/mol. The third-order valence-corrected chi connectivity index (χ3v) is 14.5. The molecule has 4 aromatic rings. The smallest absolute Gasteiger partial charge is 0.0431 e. The Morgan fingerprint density at radius 3 is 1.18 bits per heavy atom. The zero-order chi connectivity index (χ0) is 26.4. The summed E-state index contributed by atoms with van der Waals surface area (Å²) in [5.41, 5.74) is 1.40. The van der Waals surface area contributed by atoms with Gasteiger partial charge in [-0.1, -0.05) is 135 Å². The van der Waals surface area contributed by atoms with E-state index in [1.165, 1.54) is 34.1 Å². The molecule has 0 spiro atoms. The Hall–Kier alpha value is -2.30. The predicted octanol–water partition coefficient (Wildman–Crippen LogP) is 7.20. The summed E-state index contributed by atoms with van der Waals surface area (Å²) < 4.78 is 0. The highest BCUT2D eigenvalue weighted by Crippen LogP contribution is 2.61. The number of aliphatic hydroxyl groups excluding tert-OH is 1. The van der Waals surface area contributed by atoms with Crippen LogP contribution in [-0.4, -0.2) is 23.0 Å². The summed E-state index contributed by atoms with van der Waals surface area (Å²) in [6, 6.07) is 45.3. The van der Waals surface area contributed by atoms with Crippen molar-refractivity contribution in [3.8, 4) is 0 Å². The summed E-state index contributed by atoms with van der Waals surface area (Å²) in [6.45, 7) is 5.19. The molecule has 0 bridgehead atoms. The van der Waals surface area contributed by atoms with E-state index in [0.29, 0.717) is 17.2 Å². The minimum Gasteiger partial charge on any atom is -0.396 e. The lowest BCUT2D eigenvalue weighted by atomic mass is 9.74. The van der Waals surface area contributed by atoms with Gasteiger partial charge in [0.05, 0.1) is 0 Å². The summed E-state index contributed by atoms with van der Waals surface area (Å²) >= 11 is 0. The van der Waals surface area contributed by atoms with Gasteiger partial charge in [0.25, 0.3) is 0 Å². The molecule has 0 aromatic heterocycles. The average molecular weight is 539 g/mol. The molecule has 1 aliphatic rings. The maximum Gasteiger partial charge on any atom is 0.0431 e. The van der Waals surface area contributed by atoms with Crippen LogP contribution in [0.5, 0.6) is 0 Å². The quantitative estimate of drug-likeness (QED) is 0.212. The molecule has 1 nitrogen and oxygen atoms in total. The highest BCUT2D eigenvalue weighted by Gasteiger charge is 2.48. The molecule has 1 saturated carbocycles. The Kier molecular flexibility index (Phi) is 9.12. The van der Waals surface area contributed by atoms with Gasteiger partial charge in [-0.25, -0.2) is 0 Å². The Labute approximate surface area is 231 Å². The Morgan fingerprint density at radius 1 is 0.579 bits per heavy atom. The maximum atomic E-state index is 9.65. The van der Waals surface area contributed by atoms with Crippen molar-refractivity contribution >= 4 is 37.1 Å². The van der Waals surface area contributed by atoms with E-state index in [1.807, 2.05) is 0 Å². The Bertz CT molecular complexity index is 1070. The zero-order valence-corrected chi connectivity index (χ0v) is 24.4. The fraction of sp³-hybridized carbons (Fsp3) is 0.314. The van der Waals surface area contributed by atoms with Crippen molar-refractivity contribution in [3.05, 3.63) is 121 Å². The van der Waals surface area contributed by atoms with Crippen LogP contribution in [0.4, 0.5) is 0 Å². The molecule has 0 amide bonds. The fourth-order valence-corrected chi connectivity index (χ4v) is 13.1. The van der Waals surface area contributed by atoms with Gasteiger partial charge in [-0.2, -0.15) is 0 Å². The number of hydrogen-bond acceptors (Lipinski definition) is 1. The lowest BCUT2D eigenvalue weighted by molar-refractivity contribution is 0.172. The standard InChI is InChI=1S/C35H40OP2/c1-35(2,24-15-25-36)28-26-33(37(29-16-7-3-8-17-29)30-18-9-4-10-19-30)34(27-28)38(31-20-11-5-12-21-31)32-22-13-6-14-23-32/h3-14,16-23,28,33-34,36H,15,24-27H2,1-2H3. The van der Waals surface area contributed by atoms with E-state index in [4.69, 9.17) is 0 Å². The van der Waals surface area contributed by atoms with Gasteiger partial charge in [-0.3, -0.25) is 0 Å². The van der Waals surface area contributed by atoms with Gasteiger partial charge in [0.2, 0.25) is 0 Å². The van der Waals surface area contributed by atoms with Crippen molar-refractivity contribution in [3.63, 3.8) is 0 Å². The van der Waals surface area contributed by atoms with Crippen molar-refractivity contribution in [1.29, 1.82) is 0 Å². The van der Waals surface area contributed by atoms with E-state index < -0.39 is 15.8 Å². The summed E-state index contributed by atoms with van der Waals surface area (Å²) in [4.78, 5) is 0. The molecule has 1 N–H and O–H groups in total. The first-order valence-electron chi connectivity index (χ1n) is 14.0. The highest BCUT2D eigenvalue weighted by atomic mass is 31.1. The lowest BCUT2D eigenvalue weighted by Gasteiger charge is -2.35. The van der Waals surface area contributed by atoms with E-state index in [-0.39, 0.29) is 12.0 Å². The first kappa shape index (κ1) is 27.3. The van der Waals surface area contributed by atoms with Crippen LogP contribution in [0.2, 0.25) is 0 Å². The fourth-order valence-electron chi connectivity index (χ4n) is 6.34. The van der Waals surface area contributed by atoms with E-state index >= 15 is 0 Å². The van der Waals surface area contributed by atoms with Crippen molar-refractivity contribution in [1.82, 2.24) is 0 Å². The Balaban J connectivity index is 1.65. The predicted molar refractivity (Wildman–Crippen MR) is 169 cm³/mol. The van der Waals surface area contributed by atoms with Crippen LogP contribution < -0.4 is 21.2 Å². The third kappa shape index (κ3) is 6.13. The number of hydrogen-bond donors (Lipinski definition) is 1. The van der Waals surface area contributed by atoms with Crippen molar-refractivity contribution in [2.24, 2.45) is 11.3 Å². The molecule has 0 aliphatic heterocycles. The number of rotatable bonds is 10.